The van der Waals surface area contributed by atoms with Gasteiger partial charge in [-0.15, -0.1) is 0 Å². The largest absolute Gasteiger partial charge is 0.344 e. The molecule has 0 aliphatic rings. The van der Waals surface area contributed by atoms with Gasteiger partial charge < -0.3 is 30.6 Å². The van der Waals surface area contributed by atoms with E-state index in [-0.39, 0.29) is 0 Å². The lowest BCUT2D eigenvalue weighted by molar-refractivity contribution is -0.400. The van der Waals surface area contributed by atoms with Crippen molar-refractivity contribution in [1.29, 1.82) is 0 Å². The van der Waals surface area contributed by atoms with Crippen LogP contribution in [0, 0.1) is 16.2 Å². The van der Waals surface area contributed by atoms with Crippen LogP contribution in [0.4, 0.5) is 0 Å². The van der Waals surface area contributed by atoms with Gasteiger partial charge in [0.25, 0.3) is 11.9 Å². The van der Waals surface area contributed by atoms with E-state index in [2.05, 4.69) is 0 Å². The average molecular weight is 266 g/mol. The summed E-state index contributed by atoms with van der Waals surface area (Å²) in [5.41, 5.74) is -3.24. The summed E-state index contributed by atoms with van der Waals surface area (Å²) >= 11 is 0. The Morgan fingerprint density at radius 3 is 1.17 bits per heavy atom. The number of hydrogen-bond acceptors (Lipinski definition) is 6. The molecule has 0 radical (unpaired) electrons. The Hall–Kier alpha value is -0.240. The van der Waals surface area contributed by atoms with Crippen molar-refractivity contribution in [3.63, 3.8) is 0 Å². The van der Waals surface area contributed by atoms with E-state index in [1.807, 2.05) is 0 Å². The lowest BCUT2D eigenvalue weighted by Gasteiger charge is -2.55. The summed E-state index contributed by atoms with van der Waals surface area (Å²) in [6.07, 6.45) is -0.410. The van der Waals surface area contributed by atoms with Gasteiger partial charge in [-0.05, 0) is 10.8 Å². The van der Waals surface area contributed by atoms with Crippen molar-refractivity contribution in [2.24, 2.45) is 16.2 Å². The third kappa shape index (κ3) is 3.20. The Kier molecular flexibility index (Phi) is 4.34. The van der Waals surface area contributed by atoms with E-state index in [1.165, 1.54) is 13.8 Å². The highest BCUT2D eigenvalue weighted by atomic mass is 16.7. The summed E-state index contributed by atoms with van der Waals surface area (Å²) in [6.45, 7) is 9.47. The summed E-state index contributed by atoms with van der Waals surface area (Å²) in [5.74, 6) is -5.79. The van der Waals surface area contributed by atoms with Crippen LogP contribution in [0.3, 0.4) is 0 Å². The van der Waals surface area contributed by atoms with Crippen molar-refractivity contribution >= 4 is 0 Å². The van der Waals surface area contributed by atoms with Crippen molar-refractivity contribution in [3.8, 4) is 0 Å². The SMILES string of the molecule is CC(C)(CC(O)(O)O)C(C)(C)C(C)(C)C(O)(O)O. The molecule has 0 saturated heterocycles. The topological polar surface area (TPSA) is 121 Å². The van der Waals surface area contributed by atoms with Crippen molar-refractivity contribution < 1.29 is 30.6 Å². The quantitative estimate of drug-likeness (QED) is 0.381. The maximum Gasteiger partial charge on any atom is 0.281 e. The number of rotatable bonds is 5. The van der Waals surface area contributed by atoms with Gasteiger partial charge in [-0.2, -0.15) is 0 Å². The van der Waals surface area contributed by atoms with E-state index < -0.39 is 34.6 Å². The van der Waals surface area contributed by atoms with Gasteiger partial charge in [-0.25, -0.2) is 0 Å². The molecule has 6 nitrogen and oxygen atoms in total. The second kappa shape index (κ2) is 4.40. The lowest BCUT2D eigenvalue weighted by Crippen LogP contribution is -2.58. The second-order valence-corrected chi connectivity index (χ2v) is 6.72. The molecule has 18 heavy (non-hydrogen) atoms. The van der Waals surface area contributed by atoms with Crippen LogP contribution >= 0.6 is 0 Å². The minimum Gasteiger partial charge on any atom is -0.344 e. The highest BCUT2D eigenvalue weighted by molar-refractivity contribution is 4.99. The summed E-state index contributed by atoms with van der Waals surface area (Å²) < 4.78 is 0. The van der Waals surface area contributed by atoms with E-state index in [0.717, 1.165) is 0 Å². The van der Waals surface area contributed by atoms with Crippen LogP contribution < -0.4 is 0 Å². The third-order valence-corrected chi connectivity index (χ3v) is 4.77. The lowest BCUT2D eigenvalue weighted by atomic mass is 9.52. The van der Waals surface area contributed by atoms with Crippen molar-refractivity contribution in [3.05, 3.63) is 0 Å². The molecule has 6 N–H and O–H groups in total. The average Bonchev–Trinajstić information content (AvgIpc) is 1.95. The van der Waals surface area contributed by atoms with Crippen LogP contribution in [0.15, 0.2) is 0 Å². The zero-order chi connectivity index (χ0) is 15.2. The van der Waals surface area contributed by atoms with E-state index in [0.29, 0.717) is 0 Å². The van der Waals surface area contributed by atoms with Crippen LogP contribution in [-0.2, 0) is 0 Å². The van der Waals surface area contributed by atoms with E-state index in [1.54, 1.807) is 27.7 Å². The van der Waals surface area contributed by atoms with Crippen molar-refractivity contribution in [2.45, 2.75) is 59.9 Å². The van der Waals surface area contributed by atoms with E-state index >= 15 is 0 Å². The molecule has 110 valence electrons. The normalized spacial score (nSPS) is 16.0. The molecule has 6 heteroatoms. The Morgan fingerprint density at radius 1 is 0.611 bits per heavy atom. The van der Waals surface area contributed by atoms with E-state index in [4.69, 9.17) is 15.3 Å². The first-order valence-electron chi connectivity index (χ1n) is 5.80. The van der Waals surface area contributed by atoms with Gasteiger partial charge in [0.15, 0.2) is 0 Å². The predicted molar refractivity (Wildman–Crippen MR) is 64.7 cm³/mol. The number of aliphatic hydroxyl groups is 6. The molecule has 0 unspecified atom stereocenters. The van der Waals surface area contributed by atoms with Gasteiger partial charge in [0.1, 0.15) is 0 Å². The fourth-order valence-corrected chi connectivity index (χ4v) is 2.08. The van der Waals surface area contributed by atoms with Crippen molar-refractivity contribution in [1.82, 2.24) is 0 Å². The molecule has 0 aliphatic heterocycles. The summed E-state index contributed by atoms with van der Waals surface area (Å²) in [6, 6.07) is 0. The van der Waals surface area contributed by atoms with Crippen LogP contribution in [0.5, 0.6) is 0 Å². The first-order chi connectivity index (χ1) is 7.46. The summed E-state index contributed by atoms with van der Waals surface area (Å²) in [7, 11) is 0. The first kappa shape index (κ1) is 17.8. The van der Waals surface area contributed by atoms with Gasteiger partial charge in [-0.1, -0.05) is 41.5 Å². The van der Waals surface area contributed by atoms with E-state index in [9.17, 15) is 15.3 Å². The maximum atomic E-state index is 9.47. The van der Waals surface area contributed by atoms with Crippen LogP contribution in [0.2, 0.25) is 0 Å². The first-order valence-corrected chi connectivity index (χ1v) is 5.80. The summed E-state index contributed by atoms with van der Waals surface area (Å²) in [5, 5.41) is 55.7. The third-order valence-electron chi connectivity index (χ3n) is 4.77. The van der Waals surface area contributed by atoms with Gasteiger partial charge in [0.05, 0.1) is 5.41 Å². The molecule has 0 heterocycles. The van der Waals surface area contributed by atoms with Crippen LogP contribution in [0.25, 0.3) is 0 Å². The standard InChI is InChI=1S/C12H26O6/c1-8(2,7-11(13,14)15)9(3,4)10(5,6)12(16,17)18/h13-18H,7H2,1-6H3. The minimum atomic E-state index is -2.93. The fraction of sp³-hybridized carbons (Fsp3) is 1.00. The van der Waals surface area contributed by atoms with Gasteiger partial charge in [0, 0.05) is 6.42 Å². The molecule has 0 aliphatic carbocycles. The highest BCUT2D eigenvalue weighted by Crippen LogP contribution is 2.56. The molecule has 0 aromatic heterocycles. The molecule has 0 saturated carbocycles. The molecule has 0 bridgehead atoms. The summed E-state index contributed by atoms with van der Waals surface area (Å²) in [4.78, 5) is 0. The Balaban J connectivity index is 5.50. The molecular weight excluding hydrogens is 240 g/mol. The van der Waals surface area contributed by atoms with Crippen LogP contribution in [-0.4, -0.2) is 42.6 Å². The molecule has 0 amide bonds. The fourth-order valence-electron chi connectivity index (χ4n) is 2.08. The minimum absolute atomic E-state index is 0.410. The monoisotopic (exact) mass is 266 g/mol. The van der Waals surface area contributed by atoms with Gasteiger partial charge in [0.2, 0.25) is 0 Å². The molecule has 0 rings (SSSR count). The Bertz CT molecular complexity index is 293. The predicted octanol–water partition coefficient (Wildman–Crippen LogP) is -0.283. The molecular formula is C12H26O6. The molecule has 0 atom stereocenters. The Labute approximate surface area is 108 Å². The highest BCUT2D eigenvalue weighted by Gasteiger charge is 2.58. The van der Waals surface area contributed by atoms with Gasteiger partial charge >= 0.3 is 0 Å². The van der Waals surface area contributed by atoms with Crippen LogP contribution in [0.1, 0.15) is 48.0 Å². The molecule has 0 aromatic carbocycles. The Morgan fingerprint density at radius 2 is 0.944 bits per heavy atom. The van der Waals surface area contributed by atoms with Crippen molar-refractivity contribution in [2.75, 3.05) is 0 Å². The smallest absolute Gasteiger partial charge is 0.281 e. The maximum absolute atomic E-state index is 9.47. The zero-order valence-electron chi connectivity index (χ0n) is 11.9. The molecule has 0 spiro atoms. The molecule has 0 fully saturated rings. The molecule has 0 aromatic rings. The second-order valence-electron chi connectivity index (χ2n) is 6.72. The zero-order valence-corrected chi connectivity index (χ0v) is 11.9. The number of hydrogen-bond donors (Lipinski definition) is 6. The van der Waals surface area contributed by atoms with Gasteiger partial charge in [-0.3, -0.25) is 0 Å².